The van der Waals surface area contributed by atoms with Crippen LogP contribution >= 0.6 is 0 Å². The van der Waals surface area contributed by atoms with Crippen molar-refractivity contribution < 1.29 is 14.3 Å². The molecule has 1 aliphatic heterocycles. The molecule has 8 nitrogen and oxygen atoms in total. The number of halogens is 1. The predicted octanol–water partition coefficient (Wildman–Crippen LogP) is 4.53. The molecular formula is C30H27FN6O2. The van der Waals surface area contributed by atoms with Crippen molar-refractivity contribution in [3.8, 4) is 22.5 Å². The molecule has 4 aromatic rings. The van der Waals surface area contributed by atoms with Crippen LogP contribution in [0.25, 0.3) is 27.4 Å². The normalized spacial score (nSPS) is 16.7. The highest BCUT2D eigenvalue weighted by molar-refractivity contribution is 5.97. The van der Waals surface area contributed by atoms with E-state index < -0.39 is 5.82 Å². The smallest absolute Gasteiger partial charge is 0.197 e. The summed E-state index contributed by atoms with van der Waals surface area (Å²) >= 11 is 0. The largest absolute Gasteiger partial charge is 0.394 e. The minimum atomic E-state index is -0.452. The molecule has 2 aromatic heterocycles. The van der Waals surface area contributed by atoms with E-state index in [0.717, 1.165) is 16.8 Å². The minimum Gasteiger partial charge on any atom is -0.394 e. The second-order valence-corrected chi connectivity index (χ2v) is 9.63. The maximum atomic E-state index is 14.6. The number of aliphatic hydroxyl groups excluding tert-OH is 1. The van der Waals surface area contributed by atoms with Gasteiger partial charge in [0.2, 0.25) is 0 Å². The molecule has 196 valence electrons. The average molecular weight is 523 g/mol. The molecule has 0 amide bonds. The van der Waals surface area contributed by atoms with Crippen LogP contribution in [0.2, 0.25) is 0 Å². The Morgan fingerprint density at radius 1 is 1.23 bits per heavy atom. The van der Waals surface area contributed by atoms with Gasteiger partial charge in [0.25, 0.3) is 0 Å². The topological polar surface area (TPSA) is 110 Å². The summed E-state index contributed by atoms with van der Waals surface area (Å²) in [7, 11) is 0. The van der Waals surface area contributed by atoms with Gasteiger partial charge < -0.3 is 15.7 Å². The first-order valence-electron chi connectivity index (χ1n) is 12.6. The molecule has 0 spiro atoms. The van der Waals surface area contributed by atoms with E-state index in [9.17, 15) is 14.3 Å². The maximum absolute atomic E-state index is 14.6. The third-order valence-electron chi connectivity index (χ3n) is 7.02. The highest BCUT2D eigenvalue weighted by atomic mass is 19.1. The fourth-order valence-electron chi connectivity index (χ4n) is 5.09. The number of pyridine rings is 1. The summed E-state index contributed by atoms with van der Waals surface area (Å²) in [6, 6.07) is 13.2. The van der Waals surface area contributed by atoms with E-state index in [4.69, 9.17) is 12.3 Å². The molecular weight excluding hydrogens is 495 g/mol. The van der Waals surface area contributed by atoms with Crippen LogP contribution in [0.4, 0.5) is 15.8 Å². The summed E-state index contributed by atoms with van der Waals surface area (Å²) in [5.41, 5.74) is 10.8. The zero-order valence-electron chi connectivity index (χ0n) is 21.4. The second kappa shape index (κ2) is 11.1. The first-order valence-corrected chi connectivity index (χ1v) is 12.6. The third kappa shape index (κ3) is 5.25. The van der Waals surface area contributed by atoms with Gasteiger partial charge in [-0.25, -0.2) is 19.2 Å². The Labute approximate surface area is 225 Å². The number of carbonyl (C=O) groups is 1. The van der Waals surface area contributed by atoms with Gasteiger partial charge in [-0.2, -0.15) is 0 Å². The molecule has 39 heavy (non-hydrogen) atoms. The lowest BCUT2D eigenvalue weighted by atomic mass is 9.98. The molecule has 3 N–H and O–H groups in total. The van der Waals surface area contributed by atoms with Crippen LogP contribution in [0.1, 0.15) is 28.0 Å². The van der Waals surface area contributed by atoms with Crippen LogP contribution in [0.15, 0.2) is 67.1 Å². The summed E-state index contributed by atoms with van der Waals surface area (Å²) in [5, 5.41) is 10.1. The summed E-state index contributed by atoms with van der Waals surface area (Å²) in [5.74, 6) is -0.554. The Hall–Kier alpha value is -4.52. The molecule has 0 bridgehead atoms. The van der Waals surface area contributed by atoms with Crippen LogP contribution in [0.5, 0.6) is 0 Å². The lowest BCUT2D eigenvalue weighted by Gasteiger charge is -2.28. The number of nitrogens with zero attached hydrogens (tertiary/aromatic N) is 5. The molecule has 1 aliphatic rings. The van der Waals surface area contributed by atoms with Gasteiger partial charge in [-0.1, -0.05) is 24.3 Å². The van der Waals surface area contributed by atoms with Gasteiger partial charge in [-0.15, -0.1) is 0 Å². The van der Waals surface area contributed by atoms with Crippen molar-refractivity contribution in [2.75, 3.05) is 18.1 Å². The van der Waals surface area contributed by atoms with Crippen molar-refractivity contribution in [3.63, 3.8) is 0 Å². The number of ketones is 1. The van der Waals surface area contributed by atoms with E-state index in [1.807, 2.05) is 23.1 Å². The molecule has 1 saturated heterocycles. The molecule has 1 fully saturated rings. The van der Waals surface area contributed by atoms with Gasteiger partial charge in [0.15, 0.2) is 17.3 Å². The number of aromatic nitrogens is 3. The van der Waals surface area contributed by atoms with Gasteiger partial charge in [-0.05, 0) is 54.3 Å². The predicted molar refractivity (Wildman–Crippen MR) is 147 cm³/mol. The number of nitrogens with two attached hydrogens (primary N) is 1. The quantitative estimate of drug-likeness (QED) is 0.271. The van der Waals surface area contributed by atoms with E-state index in [2.05, 4.69) is 19.8 Å². The van der Waals surface area contributed by atoms with E-state index in [1.165, 1.54) is 18.3 Å². The van der Waals surface area contributed by atoms with Crippen molar-refractivity contribution in [2.45, 2.75) is 31.8 Å². The SMILES string of the molecule is [C-]#[N+]c1ccncc1-c1ccc(CC(=O)c2ccnc(-c3c(C)cccc3F)n2)c(N2C[C@@H](N)C[C@H]2CO)c1. The van der Waals surface area contributed by atoms with Crippen LogP contribution in [0, 0.1) is 19.3 Å². The van der Waals surface area contributed by atoms with Gasteiger partial charge in [0.05, 0.1) is 24.8 Å². The molecule has 0 aliphatic carbocycles. The van der Waals surface area contributed by atoms with Crippen molar-refractivity contribution in [2.24, 2.45) is 5.73 Å². The number of aryl methyl sites for hydroxylation is 1. The summed E-state index contributed by atoms with van der Waals surface area (Å²) in [4.78, 5) is 31.9. The van der Waals surface area contributed by atoms with Gasteiger partial charge >= 0.3 is 0 Å². The van der Waals surface area contributed by atoms with Crippen molar-refractivity contribution in [3.05, 3.63) is 101 Å². The van der Waals surface area contributed by atoms with Crippen LogP contribution < -0.4 is 10.6 Å². The van der Waals surface area contributed by atoms with Crippen molar-refractivity contribution >= 4 is 17.2 Å². The molecule has 3 heterocycles. The van der Waals surface area contributed by atoms with E-state index in [0.29, 0.717) is 29.8 Å². The zero-order chi connectivity index (χ0) is 27.5. The molecule has 0 unspecified atom stereocenters. The average Bonchev–Trinajstić information content (AvgIpc) is 3.33. The number of aliphatic hydroxyl groups is 1. The lowest BCUT2D eigenvalue weighted by Crippen LogP contribution is -2.33. The Balaban J connectivity index is 1.53. The van der Waals surface area contributed by atoms with Crippen LogP contribution in [-0.2, 0) is 6.42 Å². The Morgan fingerprint density at radius 2 is 2.08 bits per heavy atom. The minimum absolute atomic E-state index is 0.0227. The van der Waals surface area contributed by atoms with Gasteiger partial charge in [0, 0.05) is 48.8 Å². The van der Waals surface area contributed by atoms with E-state index in [1.54, 1.807) is 37.5 Å². The van der Waals surface area contributed by atoms with Crippen molar-refractivity contribution in [1.29, 1.82) is 0 Å². The number of rotatable bonds is 7. The number of hydrogen-bond donors (Lipinski definition) is 2. The first kappa shape index (κ1) is 26.1. The Bertz CT molecular complexity index is 1560. The van der Waals surface area contributed by atoms with E-state index in [-0.39, 0.29) is 48.0 Å². The van der Waals surface area contributed by atoms with Crippen LogP contribution in [0.3, 0.4) is 0 Å². The number of hydrogen-bond acceptors (Lipinski definition) is 7. The zero-order valence-corrected chi connectivity index (χ0v) is 21.4. The number of benzene rings is 2. The summed E-state index contributed by atoms with van der Waals surface area (Å²) in [6.07, 6.45) is 5.32. The molecule has 2 atom stereocenters. The van der Waals surface area contributed by atoms with Crippen LogP contribution in [-0.4, -0.2) is 51.1 Å². The molecule has 9 heteroatoms. The number of anilines is 1. The van der Waals surface area contributed by atoms with Gasteiger partial charge in [-0.3, -0.25) is 9.78 Å². The highest BCUT2D eigenvalue weighted by Crippen LogP contribution is 2.36. The second-order valence-electron chi connectivity index (χ2n) is 9.63. The summed E-state index contributed by atoms with van der Waals surface area (Å²) in [6.45, 7) is 9.74. The van der Waals surface area contributed by atoms with E-state index >= 15 is 0 Å². The molecule has 0 saturated carbocycles. The van der Waals surface area contributed by atoms with Crippen molar-refractivity contribution in [1.82, 2.24) is 15.0 Å². The molecule has 0 radical (unpaired) electrons. The Kier molecular flexibility index (Phi) is 7.41. The third-order valence-corrected chi connectivity index (χ3v) is 7.02. The highest BCUT2D eigenvalue weighted by Gasteiger charge is 2.31. The standard InChI is InChI=1S/C30H27FN6O2/c1-18-4-3-5-24(31)29(18)30-35-11-9-26(36-30)28(39)13-20-7-6-19(23-15-34-10-8-25(23)33-2)12-27(20)37-16-21(32)14-22(37)17-38/h3-12,15,21-22,38H,13-14,16-17,32H2,1H3/t21-,22-/m0/s1. The monoisotopic (exact) mass is 522 g/mol. The fraction of sp³-hybridized carbons (Fsp3) is 0.233. The molecule has 2 aromatic carbocycles. The first-order chi connectivity index (χ1) is 18.9. The fourth-order valence-corrected chi connectivity index (χ4v) is 5.09. The lowest BCUT2D eigenvalue weighted by molar-refractivity contribution is 0.0988. The maximum Gasteiger partial charge on any atom is 0.197 e. The Morgan fingerprint density at radius 3 is 2.85 bits per heavy atom. The van der Waals surface area contributed by atoms with Gasteiger partial charge in [0.1, 0.15) is 11.5 Å². The molecule has 5 rings (SSSR count). The number of Topliss-reactive ketones (excluding diaryl/α,β-unsaturated/α-hetero) is 1. The summed E-state index contributed by atoms with van der Waals surface area (Å²) < 4.78 is 14.6. The number of carbonyl (C=O) groups excluding carboxylic acids is 1.